The van der Waals surface area contributed by atoms with Crippen molar-refractivity contribution in [2.75, 3.05) is 6.61 Å². The van der Waals surface area contributed by atoms with Gasteiger partial charge < -0.3 is 10.1 Å². The van der Waals surface area contributed by atoms with Gasteiger partial charge in [0.15, 0.2) is 5.78 Å². The maximum Gasteiger partial charge on any atom is 0.157 e. The number of allylic oxidation sites excluding steroid dienone is 2. The summed E-state index contributed by atoms with van der Waals surface area (Å²) >= 11 is 3.53. The Labute approximate surface area is 114 Å². The zero-order valence-corrected chi connectivity index (χ0v) is 11.5. The topological polar surface area (TPSA) is 38.3 Å². The normalized spacial score (nSPS) is 17.4. The molecule has 1 aromatic carbocycles. The maximum absolute atomic E-state index is 11.2. The first-order valence-corrected chi connectivity index (χ1v) is 6.93. The minimum absolute atomic E-state index is 0.216. The predicted molar refractivity (Wildman–Crippen MR) is 72.5 cm³/mol. The fourth-order valence-electron chi connectivity index (χ4n) is 2.42. The van der Waals surface area contributed by atoms with Gasteiger partial charge in [0.2, 0.25) is 0 Å². The molecule has 1 N–H and O–H groups in total. The number of ether oxygens (including phenoxy) is 1. The Bertz CT molecular complexity index is 537. The summed E-state index contributed by atoms with van der Waals surface area (Å²) in [6.45, 7) is 1.47. The van der Waals surface area contributed by atoms with Crippen molar-refractivity contribution in [3.05, 3.63) is 39.5 Å². The van der Waals surface area contributed by atoms with Crippen LogP contribution in [0, 0.1) is 0 Å². The van der Waals surface area contributed by atoms with Crippen molar-refractivity contribution in [1.82, 2.24) is 5.32 Å². The van der Waals surface area contributed by atoms with E-state index in [2.05, 4.69) is 33.4 Å². The second-order valence-electron chi connectivity index (χ2n) is 4.64. The number of rotatable bonds is 3. The van der Waals surface area contributed by atoms with Crippen LogP contribution < -0.4 is 10.1 Å². The molecule has 0 saturated heterocycles. The Morgan fingerprint density at radius 1 is 1.28 bits per heavy atom. The van der Waals surface area contributed by atoms with Gasteiger partial charge in [0.05, 0.1) is 6.61 Å². The number of hydrogen-bond donors (Lipinski definition) is 1. The average Bonchev–Trinajstić information content (AvgIpc) is 2.94. The number of hydrogen-bond acceptors (Lipinski definition) is 3. The van der Waals surface area contributed by atoms with E-state index in [9.17, 15) is 4.79 Å². The molecule has 0 radical (unpaired) electrons. The quantitative estimate of drug-likeness (QED) is 0.933. The van der Waals surface area contributed by atoms with Crippen molar-refractivity contribution in [3.63, 3.8) is 0 Å². The van der Waals surface area contributed by atoms with E-state index >= 15 is 0 Å². The molecule has 3 nitrogen and oxygen atoms in total. The van der Waals surface area contributed by atoms with Crippen LogP contribution in [0.2, 0.25) is 0 Å². The summed E-state index contributed by atoms with van der Waals surface area (Å²) in [6, 6.07) is 4.19. The minimum Gasteiger partial charge on any atom is -0.493 e. The minimum atomic E-state index is 0.216. The lowest BCUT2D eigenvalue weighted by Gasteiger charge is -2.11. The van der Waals surface area contributed by atoms with Crippen LogP contribution in [0.5, 0.6) is 5.75 Å². The van der Waals surface area contributed by atoms with Crippen molar-refractivity contribution in [3.8, 4) is 5.75 Å². The summed E-state index contributed by atoms with van der Waals surface area (Å²) in [4.78, 5) is 11.2. The molecule has 1 aromatic rings. The van der Waals surface area contributed by atoms with Gasteiger partial charge in [0.1, 0.15) is 5.75 Å². The molecule has 94 valence electrons. The molecule has 0 amide bonds. The van der Waals surface area contributed by atoms with Gasteiger partial charge in [-0.2, -0.15) is 0 Å². The van der Waals surface area contributed by atoms with Gasteiger partial charge in [-0.1, -0.05) is 15.9 Å². The number of carbonyl (C=O) groups excluding carboxylic acids is 1. The average molecular weight is 308 g/mol. The van der Waals surface area contributed by atoms with Crippen molar-refractivity contribution >= 4 is 21.7 Å². The van der Waals surface area contributed by atoms with Crippen molar-refractivity contribution in [2.45, 2.75) is 25.8 Å². The first-order chi connectivity index (χ1) is 8.72. The fourth-order valence-corrected chi connectivity index (χ4v) is 2.97. The summed E-state index contributed by atoms with van der Waals surface area (Å²) in [5, 5.41) is 3.32. The SMILES string of the molecule is O=C1C=C(NCc2cc(Br)cc3c2OCC3)CC1. The highest BCUT2D eigenvalue weighted by Gasteiger charge is 2.18. The lowest BCUT2D eigenvalue weighted by atomic mass is 10.1. The van der Waals surface area contributed by atoms with Crippen LogP contribution in [-0.4, -0.2) is 12.4 Å². The molecule has 4 heteroatoms. The molecule has 3 rings (SSSR count). The number of fused-ring (bicyclic) bond motifs is 1. The van der Waals surface area contributed by atoms with E-state index in [0.29, 0.717) is 13.0 Å². The van der Waals surface area contributed by atoms with Crippen LogP contribution in [0.3, 0.4) is 0 Å². The van der Waals surface area contributed by atoms with Crippen LogP contribution >= 0.6 is 15.9 Å². The molecule has 0 saturated carbocycles. The smallest absolute Gasteiger partial charge is 0.157 e. The number of benzene rings is 1. The van der Waals surface area contributed by atoms with E-state index in [1.54, 1.807) is 6.08 Å². The Morgan fingerprint density at radius 3 is 2.94 bits per heavy atom. The molecule has 0 aromatic heterocycles. The highest BCUT2D eigenvalue weighted by molar-refractivity contribution is 9.10. The van der Waals surface area contributed by atoms with Crippen LogP contribution in [0.15, 0.2) is 28.4 Å². The second-order valence-corrected chi connectivity index (χ2v) is 5.56. The maximum atomic E-state index is 11.2. The van der Waals surface area contributed by atoms with Gasteiger partial charge in [0.25, 0.3) is 0 Å². The van der Waals surface area contributed by atoms with E-state index < -0.39 is 0 Å². The lowest BCUT2D eigenvalue weighted by molar-refractivity contribution is -0.114. The standard InChI is InChI=1S/C14H14BrNO2/c15-11-5-9-3-4-18-14(9)10(6-11)8-16-12-1-2-13(17)7-12/h5-7,16H,1-4,8H2. The Morgan fingerprint density at radius 2 is 2.17 bits per heavy atom. The first-order valence-electron chi connectivity index (χ1n) is 6.14. The van der Waals surface area contributed by atoms with Crippen LogP contribution in [-0.2, 0) is 17.8 Å². The second kappa shape index (κ2) is 4.76. The van der Waals surface area contributed by atoms with Crippen LogP contribution in [0.1, 0.15) is 24.0 Å². The van der Waals surface area contributed by atoms with E-state index in [4.69, 9.17) is 4.74 Å². The van der Waals surface area contributed by atoms with Gasteiger partial charge >= 0.3 is 0 Å². The molecule has 0 bridgehead atoms. The number of carbonyl (C=O) groups is 1. The third kappa shape index (κ3) is 2.29. The van der Waals surface area contributed by atoms with E-state index in [-0.39, 0.29) is 5.78 Å². The first kappa shape index (κ1) is 11.8. The number of ketones is 1. The molecular formula is C14H14BrNO2. The van der Waals surface area contributed by atoms with Crippen molar-refractivity contribution in [1.29, 1.82) is 0 Å². The van der Waals surface area contributed by atoms with Gasteiger partial charge in [-0.05, 0) is 24.1 Å². The molecule has 0 spiro atoms. The van der Waals surface area contributed by atoms with E-state index in [1.807, 2.05) is 0 Å². The third-order valence-electron chi connectivity index (χ3n) is 3.31. The van der Waals surface area contributed by atoms with E-state index in [0.717, 1.165) is 40.9 Å². The van der Waals surface area contributed by atoms with Crippen LogP contribution in [0.4, 0.5) is 0 Å². The highest BCUT2D eigenvalue weighted by atomic mass is 79.9. The Balaban J connectivity index is 1.77. The Hall–Kier alpha value is -1.29. The summed E-state index contributed by atoms with van der Waals surface area (Å²) in [5.74, 6) is 1.23. The van der Waals surface area contributed by atoms with E-state index in [1.165, 1.54) is 5.56 Å². The fraction of sp³-hybridized carbons (Fsp3) is 0.357. The van der Waals surface area contributed by atoms with Gasteiger partial charge in [-0.25, -0.2) is 0 Å². The monoisotopic (exact) mass is 307 g/mol. The van der Waals surface area contributed by atoms with Crippen molar-refractivity contribution < 1.29 is 9.53 Å². The third-order valence-corrected chi connectivity index (χ3v) is 3.77. The van der Waals surface area contributed by atoms with Gasteiger partial charge in [0, 0.05) is 41.2 Å². The molecule has 1 aliphatic heterocycles. The lowest BCUT2D eigenvalue weighted by Crippen LogP contribution is -2.12. The predicted octanol–water partition coefficient (Wildman–Crippen LogP) is 2.72. The molecule has 2 aliphatic rings. The zero-order valence-electron chi connectivity index (χ0n) is 9.96. The molecule has 1 aliphatic carbocycles. The summed E-state index contributed by atoms with van der Waals surface area (Å²) < 4.78 is 6.76. The summed E-state index contributed by atoms with van der Waals surface area (Å²) in [5.41, 5.74) is 3.45. The highest BCUT2D eigenvalue weighted by Crippen LogP contribution is 2.33. The number of halogens is 1. The largest absolute Gasteiger partial charge is 0.493 e. The summed E-state index contributed by atoms with van der Waals surface area (Å²) in [7, 11) is 0. The molecule has 18 heavy (non-hydrogen) atoms. The van der Waals surface area contributed by atoms with Crippen molar-refractivity contribution in [2.24, 2.45) is 0 Å². The molecule has 0 fully saturated rings. The van der Waals surface area contributed by atoms with Gasteiger partial charge in [-0.15, -0.1) is 0 Å². The summed E-state index contributed by atoms with van der Waals surface area (Å²) in [6.07, 6.45) is 4.15. The zero-order chi connectivity index (χ0) is 12.5. The Kier molecular flexibility index (Phi) is 3.12. The molecular weight excluding hydrogens is 294 g/mol. The van der Waals surface area contributed by atoms with Gasteiger partial charge in [-0.3, -0.25) is 4.79 Å². The molecule has 0 unspecified atom stereocenters. The molecule has 0 atom stereocenters. The van der Waals surface area contributed by atoms with Crippen LogP contribution in [0.25, 0.3) is 0 Å². The molecule has 1 heterocycles. The number of nitrogens with one attached hydrogen (secondary N) is 1.